The normalized spacial score (nSPS) is 11.7. The molecule has 0 spiro atoms. The second-order valence-electron chi connectivity index (χ2n) is 10.8. The Morgan fingerprint density at radius 1 is 0.800 bits per heavy atom. The number of ether oxygens (including phenoxy) is 3. The van der Waals surface area contributed by atoms with E-state index in [0.717, 1.165) is 21.0 Å². The van der Waals surface area contributed by atoms with Gasteiger partial charge in [0.25, 0.3) is 11.8 Å². The fourth-order valence-corrected chi connectivity index (χ4v) is 6.65. The third-order valence-electron chi connectivity index (χ3n) is 7.41. The molecule has 256 valence electrons. The highest BCUT2D eigenvalue weighted by molar-refractivity contribution is 8.00. The molecule has 0 bridgehead atoms. The number of nitrogens with zero attached hydrogens (tertiary/aromatic N) is 1. The fourth-order valence-electron chi connectivity index (χ4n) is 4.89. The summed E-state index contributed by atoms with van der Waals surface area (Å²) < 4.78 is 16.4. The number of carbonyl (C=O) groups is 3. The molecule has 50 heavy (non-hydrogen) atoms. The lowest BCUT2D eigenvalue weighted by Crippen LogP contribution is -2.30. The molecule has 0 aliphatic heterocycles. The largest absolute Gasteiger partial charge is 0.496 e. The quantitative estimate of drug-likeness (QED) is 0.0840. The Hall–Kier alpha value is -5.59. The topological polar surface area (TPSA) is 128 Å². The van der Waals surface area contributed by atoms with E-state index in [4.69, 9.17) is 14.2 Å². The molecular weight excluding hydrogens is 673 g/mol. The highest BCUT2D eigenvalue weighted by Crippen LogP contribution is 2.36. The number of anilines is 2. The lowest BCUT2D eigenvalue weighted by Gasteiger charge is -2.15. The van der Waals surface area contributed by atoms with E-state index < -0.39 is 17.1 Å². The van der Waals surface area contributed by atoms with Gasteiger partial charge in [0, 0.05) is 38.2 Å². The van der Waals surface area contributed by atoms with Crippen molar-refractivity contribution in [3.8, 4) is 28.5 Å². The molecule has 0 saturated heterocycles. The van der Waals surface area contributed by atoms with E-state index >= 15 is 0 Å². The molecule has 10 nitrogen and oxygen atoms in total. The monoisotopic (exact) mass is 708 g/mol. The van der Waals surface area contributed by atoms with Crippen molar-refractivity contribution in [1.29, 1.82) is 0 Å². The summed E-state index contributed by atoms with van der Waals surface area (Å²) in [6, 6.07) is 28.8. The number of aromatic nitrogens is 1. The van der Waals surface area contributed by atoms with Gasteiger partial charge < -0.3 is 30.2 Å². The summed E-state index contributed by atoms with van der Waals surface area (Å²) in [5.41, 5.74) is 3.11. The van der Waals surface area contributed by atoms with Crippen molar-refractivity contribution in [2.24, 2.45) is 0 Å². The van der Waals surface area contributed by atoms with Crippen LogP contribution >= 0.6 is 23.1 Å². The molecule has 0 saturated carbocycles. The molecule has 5 rings (SSSR count). The summed E-state index contributed by atoms with van der Waals surface area (Å²) in [4.78, 5) is 46.5. The molecule has 1 heterocycles. The minimum Gasteiger partial charge on any atom is -0.496 e. The van der Waals surface area contributed by atoms with Gasteiger partial charge in [0.05, 0.1) is 32.3 Å². The van der Waals surface area contributed by atoms with E-state index in [2.05, 4.69) is 20.9 Å². The molecule has 3 amide bonds. The van der Waals surface area contributed by atoms with Crippen molar-refractivity contribution in [2.75, 3.05) is 32.0 Å². The molecular formula is C38H36N4O6S2. The van der Waals surface area contributed by atoms with Crippen LogP contribution in [0.25, 0.3) is 17.3 Å². The summed E-state index contributed by atoms with van der Waals surface area (Å²) in [7, 11) is 4.50. The third-order valence-corrected chi connectivity index (χ3v) is 9.39. The molecule has 0 fully saturated rings. The summed E-state index contributed by atoms with van der Waals surface area (Å²) in [5.74, 6) is 0.0107. The van der Waals surface area contributed by atoms with Crippen LogP contribution in [0.1, 0.15) is 27.7 Å². The zero-order chi connectivity index (χ0) is 35.6. The zero-order valence-electron chi connectivity index (χ0n) is 28.1. The van der Waals surface area contributed by atoms with Crippen molar-refractivity contribution >= 4 is 57.7 Å². The molecule has 0 radical (unpaired) electrons. The van der Waals surface area contributed by atoms with Crippen LogP contribution in [0.4, 0.5) is 10.8 Å². The Kier molecular flexibility index (Phi) is 11.9. The first-order chi connectivity index (χ1) is 24.2. The van der Waals surface area contributed by atoms with Crippen molar-refractivity contribution < 1.29 is 28.6 Å². The fraction of sp³-hybridized carbons (Fsp3) is 0.158. The number of nitrogens with one attached hydrogen (secondary N) is 3. The van der Waals surface area contributed by atoms with Crippen LogP contribution in [0, 0.1) is 6.92 Å². The van der Waals surface area contributed by atoms with Crippen LogP contribution < -0.4 is 30.2 Å². The number of hydrogen-bond acceptors (Lipinski definition) is 9. The minimum absolute atomic E-state index is 0.0382. The van der Waals surface area contributed by atoms with Gasteiger partial charge in [0.1, 0.15) is 11.4 Å². The van der Waals surface area contributed by atoms with Crippen LogP contribution in [-0.4, -0.2) is 49.3 Å². The number of benzene rings is 4. The first-order valence-electron chi connectivity index (χ1n) is 15.5. The van der Waals surface area contributed by atoms with E-state index in [1.54, 1.807) is 67.6 Å². The van der Waals surface area contributed by atoms with Gasteiger partial charge in [0.15, 0.2) is 16.6 Å². The average molecular weight is 709 g/mol. The molecule has 12 heteroatoms. The maximum atomic E-state index is 13.8. The minimum atomic E-state index is -0.576. The van der Waals surface area contributed by atoms with Gasteiger partial charge in [-0.3, -0.25) is 14.4 Å². The van der Waals surface area contributed by atoms with Gasteiger partial charge >= 0.3 is 0 Å². The van der Waals surface area contributed by atoms with Crippen molar-refractivity contribution in [2.45, 2.75) is 24.0 Å². The van der Waals surface area contributed by atoms with Gasteiger partial charge in [-0.15, -0.1) is 23.1 Å². The molecule has 5 aromatic rings. The van der Waals surface area contributed by atoms with Gasteiger partial charge in [-0.25, -0.2) is 4.98 Å². The second kappa shape index (κ2) is 16.7. The Balaban J connectivity index is 1.33. The van der Waals surface area contributed by atoms with E-state index in [1.807, 2.05) is 43.3 Å². The maximum Gasteiger partial charge on any atom is 0.272 e. The van der Waals surface area contributed by atoms with Crippen LogP contribution in [-0.2, 0) is 9.59 Å². The SMILES string of the molecule is COc1cc(OC)c(OC)cc1/C=C(/NC(=O)c1ccccc1)C(=O)Nc1cccc(SC(C)C(=O)Nc2nc(-c3ccccc3)c(C)s2)c1. The lowest BCUT2D eigenvalue weighted by atomic mass is 10.1. The predicted octanol–water partition coefficient (Wildman–Crippen LogP) is 7.67. The lowest BCUT2D eigenvalue weighted by molar-refractivity contribution is -0.115. The first kappa shape index (κ1) is 35.7. The Bertz CT molecular complexity index is 2010. The molecule has 1 unspecified atom stereocenters. The smallest absolute Gasteiger partial charge is 0.272 e. The van der Waals surface area contributed by atoms with E-state index in [9.17, 15) is 14.4 Å². The standard InChI is InChI=1S/C38H36N4O6S2/c1-23-34(25-13-8-6-9-14-25)41-38(50-23)42-35(43)24(2)49-29-18-12-17-28(21-29)39-37(45)30(40-36(44)26-15-10-7-11-16-26)19-27-20-32(47-4)33(48-5)22-31(27)46-3/h6-22,24H,1-5H3,(H,39,45)(H,40,44)(H,41,42,43)/b30-19+. The van der Waals surface area contributed by atoms with Gasteiger partial charge in [-0.2, -0.15) is 0 Å². The average Bonchev–Trinajstić information content (AvgIpc) is 3.51. The highest BCUT2D eigenvalue weighted by atomic mass is 32.2. The van der Waals surface area contributed by atoms with Crippen molar-refractivity contribution in [1.82, 2.24) is 10.3 Å². The second-order valence-corrected chi connectivity index (χ2v) is 13.5. The summed E-state index contributed by atoms with van der Waals surface area (Å²) in [6.07, 6.45) is 1.51. The van der Waals surface area contributed by atoms with Gasteiger partial charge in [0.2, 0.25) is 5.91 Å². The number of hydrogen-bond donors (Lipinski definition) is 3. The van der Waals surface area contributed by atoms with E-state index in [0.29, 0.717) is 39.2 Å². The van der Waals surface area contributed by atoms with Gasteiger partial charge in [-0.05, 0) is 56.3 Å². The number of thioether (sulfide) groups is 1. The summed E-state index contributed by atoms with van der Waals surface area (Å²) >= 11 is 2.76. The highest BCUT2D eigenvalue weighted by Gasteiger charge is 2.20. The predicted molar refractivity (Wildman–Crippen MR) is 199 cm³/mol. The number of methoxy groups -OCH3 is 3. The van der Waals surface area contributed by atoms with Crippen molar-refractivity contribution in [3.63, 3.8) is 0 Å². The number of thiazole rings is 1. The molecule has 1 atom stereocenters. The Labute approximate surface area is 298 Å². The molecule has 3 N–H and O–H groups in total. The van der Waals surface area contributed by atoms with E-state index in [1.165, 1.54) is 50.5 Å². The third kappa shape index (κ3) is 8.90. The van der Waals surface area contributed by atoms with E-state index in [-0.39, 0.29) is 11.6 Å². The molecule has 4 aromatic carbocycles. The van der Waals surface area contributed by atoms with Crippen LogP contribution in [0.15, 0.2) is 108 Å². The number of aryl methyl sites for hydroxylation is 1. The first-order valence-corrected chi connectivity index (χ1v) is 17.2. The number of rotatable bonds is 13. The number of carbonyl (C=O) groups excluding carboxylic acids is 3. The zero-order valence-corrected chi connectivity index (χ0v) is 29.7. The van der Waals surface area contributed by atoms with Crippen LogP contribution in [0.2, 0.25) is 0 Å². The van der Waals surface area contributed by atoms with Crippen LogP contribution in [0.5, 0.6) is 17.2 Å². The summed E-state index contributed by atoms with van der Waals surface area (Å²) in [6.45, 7) is 3.78. The molecule has 0 aliphatic carbocycles. The van der Waals surface area contributed by atoms with Crippen molar-refractivity contribution in [3.05, 3.63) is 119 Å². The van der Waals surface area contributed by atoms with Crippen LogP contribution in [0.3, 0.4) is 0 Å². The molecule has 1 aromatic heterocycles. The Morgan fingerprint density at radius 3 is 2.14 bits per heavy atom. The number of amides is 3. The summed E-state index contributed by atoms with van der Waals surface area (Å²) in [5, 5.41) is 8.61. The molecule has 0 aliphatic rings. The maximum absolute atomic E-state index is 13.8. The Morgan fingerprint density at radius 2 is 1.46 bits per heavy atom. The van der Waals surface area contributed by atoms with Gasteiger partial charge in [-0.1, -0.05) is 54.6 Å².